The Bertz CT molecular complexity index is 1380. The van der Waals surface area contributed by atoms with Gasteiger partial charge < -0.3 is 9.88 Å². The van der Waals surface area contributed by atoms with E-state index in [-0.39, 0.29) is 0 Å². The number of likely N-dealkylation sites (N-methyl/N-ethyl adjacent to an activating group) is 1. The van der Waals surface area contributed by atoms with Crippen molar-refractivity contribution in [3.05, 3.63) is 95.8 Å². The normalized spacial score (nSPS) is 16.8. The highest BCUT2D eigenvalue weighted by Gasteiger charge is 2.25. The standard InChI is InChI=1S/C26H22N4/c1-30-15-20-13-18(26-14-28-24-4-2-3-5-25(24)29-26)6-8-21(20)22(16-30)17-7-9-23-19(12-17)10-11-27-23/h2-14,22,27H,15-16H2,1H3. The van der Waals surface area contributed by atoms with E-state index in [0.717, 1.165) is 35.4 Å². The Morgan fingerprint density at radius 2 is 1.87 bits per heavy atom. The largest absolute Gasteiger partial charge is 0.361 e. The van der Waals surface area contributed by atoms with Gasteiger partial charge in [-0.15, -0.1) is 0 Å². The van der Waals surface area contributed by atoms with Crippen LogP contribution in [0.1, 0.15) is 22.6 Å². The topological polar surface area (TPSA) is 44.8 Å². The molecule has 6 rings (SSSR count). The van der Waals surface area contributed by atoms with Crippen molar-refractivity contribution in [3.8, 4) is 11.3 Å². The van der Waals surface area contributed by atoms with Crippen molar-refractivity contribution in [1.29, 1.82) is 0 Å². The molecule has 3 heterocycles. The van der Waals surface area contributed by atoms with Crippen molar-refractivity contribution < 1.29 is 0 Å². The Morgan fingerprint density at radius 3 is 2.80 bits per heavy atom. The maximum atomic E-state index is 4.84. The van der Waals surface area contributed by atoms with Crippen LogP contribution in [0.2, 0.25) is 0 Å². The second-order valence-corrected chi connectivity index (χ2v) is 8.23. The van der Waals surface area contributed by atoms with E-state index in [2.05, 4.69) is 64.4 Å². The third-order valence-electron chi connectivity index (χ3n) is 6.18. The monoisotopic (exact) mass is 390 g/mol. The average molecular weight is 390 g/mol. The minimum Gasteiger partial charge on any atom is -0.361 e. The lowest BCUT2D eigenvalue weighted by Gasteiger charge is -2.33. The molecule has 0 aliphatic carbocycles. The van der Waals surface area contributed by atoms with Gasteiger partial charge in [-0.1, -0.05) is 30.3 Å². The van der Waals surface area contributed by atoms with Crippen molar-refractivity contribution >= 4 is 21.9 Å². The first-order chi connectivity index (χ1) is 14.7. The number of nitrogens with one attached hydrogen (secondary N) is 1. The van der Waals surface area contributed by atoms with Crippen molar-refractivity contribution in [2.24, 2.45) is 0 Å². The van der Waals surface area contributed by atoms with Gasteiger partial charge in [0.25, 0.3) is 0 Å². The smallest absolute Gasteiger partial charge is 0.0894 e. The third kappa shape index (κ3) is 2.88. The van der Waals surface area contributed by atoms with Gasteiger partial charge in [-0.3, -0.25) is 4.98 Å². The highest BCUT2D eigenvalue weighted by atomic mass is 15.1. The molecule has 4 heteroatoms. The molecule has 1 atom stereocenters. The first-order valence-electron chi connectivity index (χ1n) is 10.4. The minimum absolute atomic E-state index is 0.370. The van der Waals surface area contributed by atoms with Crippen LogP contribution in [0.3, 0.4) is 0 Å². The summed E-state index contributed by atoms with van der Waals surface area (Å²) in [6, 6.07) is 23.7. The van der Waals surface area contributed by atoms with Crippen LogP contribution in [0.25, 0.3) is 33.2 Å². The van der Waals surface area contributed by atoms with Crippen LogP contribution < -0.4 is 0 Å². The number of para-hydroxylation sites is 2. The molecule has 0 radical (unpaired) electrons. The summed E-state index contributed by atoms with van der Waals surface area (Å²) >= 11 is 0. The van der Waals surface area contributed by atoms with Crippen LogP contribution in [0.15, 0.2) is 79.1 Å². The lowest BCUT2D eigenvalue weighted by molar-refractivity contribution is 0.295. The lowest BCUT2D eigenvalue weighted by atomic mass is 9.83. The van der Waals surface area contributed by atoms with E-state index in [4.69, 9.17) is 4.98 Å². The Hall–Kier alpha value is -3.50. The molecule has 2 aromatic heterocycles. The molecule has 0 saturated heterocycles. The molecule has 30 heavy (non-hydrogen) atoms. The predicted octanol–water partition coefficient (Wildman–Crippen LogP) is 5.36. The molecule has 0 amide bonds. The highest BCUT2D eigenvalue weighted by molar-refractivity contribution is 5.80. The predicted molar refractivity (Wildman–Crippen MR) is 121 cm³/mol. The molecule has 1 aliphatic heterocycles. The van der Waals surface area contributed by atoms with Gasteiger partial charge >= 0.3 is 0 Å². The number of aromatic nitrogens is 3. The Kier molecular flexibility index (Phi) is 3.93. The quantitative estimate of drug-likeness (QED) is 0.442. The zero-order valence-electron chi connectivity index (χ0n) is 16.8. The summed E-state index contributed by atoms with van der Waals surface area (Å²) in [5, 5.41) is 1.27. The zero-order valence-corrected chi connectivity index (χ0v) is 16.8. The number of nitrogens with zero attached hydrogens (tertiary/aromatic N) is 3. The van der Waals surface area contributed by atoms with E-state index in [1.165, 1.54) is 27.6 Å². The molecule has 0 spiro atoms. The van der Waals surface area contributed by atoms with Crippen molar-refractivity contribution in [2.45, 2.75) is 12.5 Å². The van der Waals surface area contributed by atoms with Crippen LogP contribution in [-0.4, -0.2) is 33.4 Å². The van der Waals surface area contributed by atoms with E-state index in [1.807, 2.05) is 36.7 Å². The second kappa shape index (κ2) is 6.78. The molecular weight excluding hydrogens is 368 g/mol. The van der Waals surface area contributed by atoms with Gasteiger partial charge in [0.15, 0.2) is 0 Å². The first-order valence-corrected chi connectivity index (χ1v) is 10.4. The summed E-state index contributed by atoms with van der Waals surface area (Å²) in [6.45, 7) is 1.98. The van der Waals surface area contributed by atoms with Crippen LogP contribution in [0.4, 0.5) is 0 Å². The van der Waals surface area contributed by atoms with Gasteiger partial charge in [-0.2, -0.15) is 0 Å². The van der Waals surface area contributed by atoms with Crippen molar-refractivity contribution in [3.63, 3.8) is 0 Å². The number of rotatable bonds is 2. The molecule has 0 saturated carbocycles. The Morgan fingerprint density at radius 1 is 0.967 bits per heavy atom. The molecular formula is C26H22N4. The van der Waals surface area contributed by atoms with Gasteiger partial charge in [-0.05, 0) is 65.5 Å². The van der Waals surface area contributed by atoms with Crippen LogP contribution in [0.5, 0.6) is 0 Å². The first kappa shape index (κ1) is 17.4. The highest BCUT2D eigenvalue weighted by Crippen LogP contribution is 2.36. The summed E-state index contributed by atoms with van der Waals surface area (Å²) in [7, 11) is 2.20. The Balaban J connectivity index is 1.43. The maximum Gasteiger partial charge on any atom is 0.0894 e. The Labute approximate surface area is 175 Å². The fourth-order valence-electron chi connectivity index (χ4n) is 4.68. The van der Waals surface area contributed by atoms with Gasteiger partial charge in [0.1, 0.15) is 0 Å². The summed E-state index contributed by atoms with van der Waals surface area (Å²) in [5.41, 5.74) is 9.26. The van der Waals surface area contributed by atoms with E-state index < -0.39 is 0 Å². The number of fused-ring (bicyclic) bond motifs is 3. The third-order valence-corrected chi connectivity index (χ3v) is 6.18. The minimum atomic E-state index is 0.370. The molecule has 146 valence electrons. The van der Waals surface area contributed by atoms with E-state index in [0.29, 0.717) is 5.92 Å². The van der Waals surface area contributed by atoms with Crippen molar-refractivity contribution in [2.75, 3.05) is 13.6 Å². The molecule has 5 aromatic rings. The van der Waals surface area contributed by atoms with E-state index in [9.17, 15) is 0 Å². The summed E-state index contributed by atoms with van der Waals surface area (Å²) in [4.78, 5) is 15.1. The zero-order chi connectivity index (χ0) is 20.1. The second-order valence-electron chi connectivity index (χ2n) is 8.23. The van der Waals surface area contributed by atoms with Crippen LogP contribution >= 0.6 is 0 Å². The molecule has 1 N–H and O–H groups in total. The average Bonchev–Trinajstić information content (AvgIpc) is 3.25. The van der Waals surface area contributed by atoms with Gasteiger partial charge in [-0.25, -0.2) is 4.98 Å². The van der Waals surface area contributed by atoms with Gasteiger partial charge in [0.2, 0.25) is 0 Å². The number of hydrogen-bond donors (Lipinski definition) is 1. The molecule has 1 aliphatic rings. The molecule has 0 fully saturated rings. The molecule has 3 aromatic carbocycles. The lowest BCUT2D eigenvalue weighted by Crippen LogP contribution is -2.31. The fourth-order valence-corrected chi connectivity index (χ4v) is 4.68. The SMILES string of the molecule is CN1Cc2cc(-c3cnc4ccccc4n3)ccc2C(c2ccc3[nH]ccc3c2)C1. The van der Waals surface area contributed by atoms with Crippen LogP contribution in [0, 0.1) is 0 Å². The number of hydrogen-bond acceptors (Lipinski definition) is 3. The van der Waals surface area contributed by atoms with E-state index >= 15 is 0 Å². The molecule has 1 unspecified atom stereocenters. The van der Waals surface area contributed by atoms with Gasteiger partial charge in [0, 0.05) is 36.3 Å². The van der Waals surface area contributed by atoms with Crippen molar-refractivity contribution in [1.82, 2.24) is 19.9 Å². The number of H-pyrrole nitrogens is 1. The number of aromatic amines is 1. The molecule has 0 bridgehead atoms. The summed E-state index contributed by atoms with van der Waals surface area (Å²) in [6.07, 6.45) is 3.89. The number of benzene rings is 3. The van der Waals surface area contributed by atoms with E-state index in [1.54, 1.807) is 0 Å². The summed E-state index contributed by atoms with van der Waals surface area (Å²) < 4.78 is 0. The molecule has 4 nitrogen and oxygen atoms in total. The fraction of sp³-hybridized carbons (Fsp3) is 0.154. The van der Waals surface area contributed by atoms with Crippen LogP contribution in [-0.2, 0) is 6.54 Å². The van der Waals surface area contributed by atoms with Gasteiger partial charge in [0.05, 0.1) is 22.9 Å². The summed E-state index contributed by atoms with van der Waals surface area (Å²) in [5.74, 6) is 0.370. The maximum absolute atomic E-state index is 4.84.